The molecule has 0 aliphatic rings. The van der Waals surface area contributed by atoms with Gasteiger partial charge >= 0.3 is 0 Å². The van der Waals surface area contributed by atoms with Crippen LogP contribution in [0.15, 0.2) is 24.4 Å². The Labute approximate surface area is 81.1 Å². The molecule has 2 heterocycles. The van der Waals surface area contributed by atoms with Crippen molar-refractivity contribution in [2.45, 2.75) is 13.0 Å². The van der Waals surface area contributed by atoms with Gasteiger partial charge in [0.25, 0.3) is 0 Å². The number of nitrogens with two attached hydrogens (primary N) is 1. The number of nitrogens with zero attached hydrogens (tertiary/aromatic N) is 2. The van der Waals surface area contributed by atoms with E-state index in [1.165, 1.54) is 0 Å². The molecule has 0 aliphatic heterocycles. The molecule has 0 amide bonds. The normalized spacial score (nSPS) is 13.5. The topological polar surface area (TPSA) is 43.3 Å². The van der Waals surface area contributed by atoms with Crippen molar-refractivity contribution in [1.29, 1.82) is 0 Å². The third-order valence-electron chi connectivity index (χ3n) is 1.95. The van der Waals surface area contributed by atoms with Crippen LogP contribution in [0.4, 0.5) is 0 Å². The highest BCUT2D eigenvalue weighted by atomic mass is 35.5. The first kappa shape index (κ1) is 8.53. The van der Waals surface area contributed by atoms with E-state index in [1.54, 1.807) is 0 Å². The van der Waals surface area contributed by atoms with Gasteiger partial charge in [-0.2, -0.15) is 0 Å². The molecule has 2 rings (SSSR count). The lowest BCUT2D eigenvalue weighted by molar-refractivity contribution is 0.770. The fraction of sp³-hybridized carbons (Fsp3) is 0.222. The van der Waals surface area contributed by atoms with Crippen molar-refractivity contribution in [3.05, 3.63) is 35.2 Å². The van der Waals surface area contributed by atoms with E-state index in [-0.39, 0.29) is 6.04 Å². The van der Waals surface area contributed by atoms with Crippen LogP contribution in [0.25, 0.3) is 5.65 Å². The predicted octanol–water partition coefficient (Wildman–Crippen LogP) is 2.01. The van der Waals surface area contributed by atoms with E-state index in [0.29, 0.717) is 5.15 Å². The first-order valence-corrected chi connectivity index (χ1v) is 4.46. The summed E-state index contributed by atoms with van der Waals surface area (Å²) >= 11 is 5.95. The lowest BCUT2D eigenvalue weighted by atomic mass is 10.3. The summed E-state index contributed by atoms with van der Waals surface area (Å²) in [4.78, 5) is 4.18. The predicted molar refractivity (Wildman–Crippen MR) is 52.8 cm³/mol. The maximum atomic E-state index is 5.95. The second-order valence-corrected chi connectivity index (χ2v) is 3.36. The highest BCUT2D eigenvalue weighted by Crippen LogP contribution is 2.21. The van der Waals surface area contributed by atoms with Crippen LogP contribution in [0, 0.1) is 0 Å². The van der Waals surface area contributed by atoms with Crippen LogP contribution in [0.1, 0.15) is 18.7 Å². The summed E-state index contributed by atoms with van der Waals surface area (Å²) in [6.07, 6.45) is 1.91. The van der Waals surface area contributed by atoms with Crippen LogP contribution in [-0.4, -0.2) is 9.38 Å². The molecule has 1 atom stereocenters. The molecule has 0 bridgehead atoms. The second kappa shape index (κ2) is 3.01. The van der Waals surface area contributed by atoms with E-state index in [1.807, 2.05) is 35.7 Å². The van der Waals surface area contributed by atoms with Crippen molar-refractivity contribution in [2.75, 3.05) is 0 Å². The second-order valence-electron chi connectivity index (χ2n) is 3.01. The molecule has 0 saturated heterocycles. The molecule has 0 fully saturated rings. The minimum atomic E-state index is -0.107. The third-order valence-corrected chi connectivity index (χ3v) is 2.23. The van der Waals surface area contributed by atoms with Crippen LogP contribution in [0.3, 0.4) is 0 Å². The molecule has 13 heavy (non-hydrogen) atoms. The zero-order valence-corrected chi connectivity index (χ0v) is 7.99. The van der Waals surface area contributed by atoms with Crippen LogP contribution < -0.4 is 5.73 Å². The van der Waals surface area contributed by atoms with E-state index in [4.69, 9.17) is 17.3 Å². The quantitative estimate of drug-likeness (QED) is 0.757. The number of pyridine rings is 1. The lowest BCUT2D eigenvalue weighted by Gasteiger charge is -2.04. The Kier molecular flexibility index (Phi) is 1.98. The van der Waals surface area contributed by atoms with Gasteiger partial charge in [0.15, 0.2) is 5.15 Å². The SMILES string of the molecule is CC(N)c1c(Cl)nc2ccccn12. The summed E-state index contributed by atoms with van der Waals surface area (Å²) in [6.45, 7) is 1.89. The minimum Gasteiger partial charge on any atom is -0.323 e. The van der Waals surface area contributed by atoms with Crippen LogP contribution in [0.5, 0.6) is 0 Å². The van der Waals surface area contributed by atoms with Crippen molar-refractivity contribution in [3.8, 4) is 0 Å². The van der Waals surface area contributed by atoms with Gasteiger partial charge in [-0.25, -0.2) is 4.98 Å². The summed E-state index contributed by atoms with van der Waals surface area (Å²) < 4.78 is 1.91. The molecule has 4 heteroatoms. The largest absolute Gasteiger partial charge is 0.323 e. The highest BCUT2D eigenvalue weighted by molar-refractivity contribution is 6.30. The number of rotatable bonds is 1. The number of hydrogen-bond donors (Lipinski definition) is 1. The zero-order valence-electron chi connectivity index (χ0n) is 7.24. The van der Waals surface area contributed by atoms with Crippen molar-refractivity contribution in [3.63, 3.8) is 0 Å². The summed E-state index contributed by atoms with van der Waals surface area (Å²) in [6, 6.07) is 5.64. The fourth-order valence-corrected chi connectivity index (χ4v) is 1.74. The highest BCUT2D eigenvalue weighted by Gasteiger charge is 2.12. The number of halogens is 1. The minimum absolute atomic E-state index is 0.107. The molecule has 0 radical (unpaired) electrons. The average molecular weight is 196 g/mol. The fourth-order valence-electron chi connectivity index (χ4n) is 1.39. The Bertz CT molecular complexity index is 433. The summed E-state index contributed by atoms with van der Waals surface area (Å²) in [7, 11) is 0. The van der Waals surface area contributed by atoms with Crippen LogP contribution in [0.2, 0.25) is 5.15 Å². The molecule has 2 aromatic heterocycles. The molecular weight excluding hydrogens is 186 g/mol. The molecule has 2 N–H and O–H groups in total. The van der Waals surface area contributed by atoms with Crippen molar-refractivity contribution in [1.82, 2.24) is 9.38 Å². The Hall–Kier alpha value is -1.06. The molecule has 0 aliphatic carbocycles. The van der Waals surface area contributed by atoms with Gasteiger partial charge in [0, 0.05) is 12.2 Å². The number of aromatic nitrogens is 2. The molecule has 1 unspecified atom stereocenters. The Morgan fingerprint density at radius 2 is 2.31 bits per heavy atom. The molecule has 3 nitrogen and oxygen atoms in total. The first-order chi connectivity index (χ1) is 6.20. The van der Waals surface area contributed by atoms with Gasteiger partial charge in [-0.05, 0) is 19.1 Å². The van der Waals surface area contributed by atoms with Gasteiger partial charge in [-0.15, -0.1) is 0 Å². The van der Waals surface area contributed by atoms with Gasteiger partial charge in [0.1, 0.15) is 5.65 Å². The Morgan fingerprint density at radius 3 is 3.00 bits per heavy atom. The van der Waals surface area contributed by atoms with Gasteiger partial charge in [-0.3, -0.25) is 0 Å². The molecule has 0 spiro atoms. The van der Waals surface area contributed by atoms with Crippen molar-refractivity contribution >= 4 is 17.2 Å². The van der Waals surface area contributed by atoms with Gasteiger partial charge in [-0.1, -0.05) is 17.7 Å². The Morgan fingerprint density at radius 1 is 1.54 bits per heavy atom. The maximum absolute atomic E-state index is 5.95. The summed E-state index contributed by atoms with van der Waals surface area (Å²) in [5, 5.41) is 0.487. The van der Waals surface area contributed by atoms with E-state index in [0.717, 1.165) is 11.3 Å². The molecule has 2 aromatic rings. The van der Waals surface area contributed by atoms with Crippen LogP contribution in [-0.2, 0) is 0 Å². The monoisotopic (exact) mass is 195 g/mol. The van der Waals surface area contributed by atoms with E-state index in [2.05, 4.69) is 4.98 Å². The van der Waals surface area contributed by atoms with Crippen LogP contribution >= 0.6 is 11.6 Å². The lowest BCUT2D eigenvalue weighted by Crippen LogP contribution is -2.08. The molecule has 68 valence electrons. The average Bonchev–Trinajstić information content (AvgIpc) is 2.39. The number of hydrogen-bond acceptors (Lipinski definition) is 2. The maximum Gasteiger partial charge on any atom is 0.152 e. The molecule has 0 aromatic carbocycles. The summed E-state index contributed by atoms with van der Waals surface area (Å²) in [5.41, 5.74) is 7.47. The van der Waals surface area contributed by atoms with Gasteiger partial charge < -0.3 is 10.1 Å². The number of fused-ring (bicyclic) bond motifs is 1. The smallest absolute Gasteiger partial charge is 0.152 e. The molecule has 0 saturated carbocycles. The third kappa shape index (κ3) is 1.30. The van der Waals surface area contributed by atoms with Gasteiger partial charge in [0.05, 0.1) is 5.69 Å². The number of imidazole rings is 1. The van der Waals surface area contributed by atoms with E-state index >= 15 is 0 Å². The standard InChI is InChI=1S/C9H10ClN3/c1-6(11)8-9(10)12-7-4-2-3-5-13(7)8/h2-6H,11H2,1H3. The molecular formula is C9H10ClN3. The zero-order chi connectivity index (χ0) is 9.42. The Balaban J connectivity index is 2.78. The van der Waals surface area contributed by atoms with Crippen molar-refractivity contribution < 1.29 is 0 Å². The summed E-state index contributed by atoms with van der Waals surface area (Å²) in [5.74, 6) is 0. The van der Waals surface area contributed by atoms with Crippen molar-refractivity contribution in [2.24, 2.45) is 5.73 Å². The van der Waals surface area contributed by atoms with E-state index < -0.39 is 0 Å². The van der Waals surface area contributed by atoms with Gasteiger partial charge in [0.2, 0.25) is 0 Å². The van der Waals surface area contributed by atoms with E-state index in [9.17, 15) is 0 Å². The first-order valence-electron chi connectivity index (χ1n) is 4.08.